The van der Waals surface area contributed by atoms with Gasteiger partial charge in [-0.05, 0) is 6.07 Å². The molecule has 1 aromatic rings. The number of halogens is 1. The quantitative estimate of drug-likeness (QED) is 0.813. The summed E-state index contributed by atoms with van der Waals surface area (Å²) in [6.07, 6.45) is 1.34. The summed E-state index contributed by atoms with van der Waals surface area (Å²) in [5.74, 6) is -1.82. The van der Waals surface area contributed by atoms with Gasteiger partial charge in [-0.25, -0.2) is 4.98 Å². The van der Waals surface area contributed by atoms with Gasteiger partial charge in [-0.15, -0.1) is 0 Å². The fourth-order valence-corrected chi connectivity index (χ4v) is 1.91. The largest absolute Gasteiger partial charge is 0.481 e. The smallest absolute Gasteiger partial charge is 0.308 e. The van der Waals surface area contributed by atoms with E-state index >= 15 is 0 Å². The van der Waals surface area contributed by atoms with Crippen molar-refractivity contribution < 1.29 is 14.7 Å². The Morgan fingerprint density at radius 2 is 2.35 bits per heavy atom. The van der Waals surface area contributed by atoms with E-state index in [1.54, 1.807) is 0 Å². The van der Waals surface area contributed by atoms with Crippen LogP contribution in [0.3, 0.4) is 0 Å². The minimum Gasteiger partial charge on any atom is -0.481 e. The lowest BCUT2D eigenvalue weighted by Gasteiger charge is -2.17. The number of nitrogen functional groups attached to an aromatic ring is 1. The molecule has 90 valence electrons. The Hall–Kier alpha value is -1.82. The van der Waals surface area contributed by atoms with E-state index in [2.05, 4.69) is 4.98 Å². The van der Waals surface area contributed by atoms with Gasteiger partial charge in [-0.2, -0.15) is 0 Å². The minimum absolute atomic E-state index is 0.0265. The fraction of sp³-hybridized carbons (Fsp3) is 0.300. The van der Waals surface area contributed by atoms with Crippen LogP contribution in [0, 0.1) is 5.92 Å². The van der Waals surface area contributed by atoms with E-state index in [0.717, 1.165) is 0 Å². The van der Waals surface area contributed by atoms with Crippen LogP contribution in [-0.2, 0) is 9.59 Å². The van der Waals surface area contributed by atoms with Gasteiger partial charge in [0.1, 0.15) is 5.82 Å². The van der Waals surface area contributed by atoms with E-state index in [0.29, 0.717) is 10.7 Å². The molecular weight excluding hydrogens is 246 g/mol. The number of aliphatic carboxylic acids is 1. The van der Waals surface area contributed by atoms with Gasteiger partial charge in [-0.3, -0.25) is 9.59 Å². The van der Waals surface area contributed by atoms with Crippen LogP contribution in [0.2, 0.25) is 5.02 Å². The number of carboxylic acids is 1. The number of amides is 1. The van der Waals surface area contributed by atoms with Gasteiger partial charge in [0.25, 0.3) is 0 Å². The molecule has 1 fully saturated rings. The molecule has 2 rings (SSSR count). The number of rotatable bonds is 2. The number of carbonyl (C=O) groups excluding carboxylic acids is 1. The maximum Gasteiger partial charge on any atom is 0.308 e. The lowest BCUT2D eigenvalue weighted by molar-refractivity contribution is -0.141. The number of aromatic nitrogens is 1. The third kappa shape index (κ3) is 2.16. The van der Waals surface area contributed by atoms with Gasteiger partial charge in [-0.1, -0.05) is 11.6 Å². The Bertz CT molecular complexity index is 492. The summed E-state index contributed by atoms with van der Waals surface area (Å²) in [7, 11) is 0. The maximum atomic E-state index is 11.7. The van der Waals surface area contributed by atoms with Crippen molar-refractivity contribution in [1.29, 1.82) is 0 Å². The summed E-state index contributed by atoms with van der Waals surface area (Å²) < 4.78 is 0. The van der Waals surface area contributed by atoms with Crippen LogP contribution >= 0.6 is 11.6 Å². The lowest BCUT2D eigenvalue weighted by atomic mass is 10.1. The second-order valence-corrected chi connectivity index (χ2v) is 4.24. The van der Waals surface area contributed by atoms with E-state index in [9.17, 15) is 9.59 Å². The fourth-order valence-electron chi connectivity index (χ4n) is 1.76. The molecule has 1 aliphatic heterocycles. The van der Waals surface area contributed by atoms with Gasteiger partial charge in [0, 0.05) is 19.2 Å². The van der Waals surface area contributed by atoms with E-state index in [4.69, 9.17) is 22.4 Å². The molecule has 1 saturated heterocycles. The Morgan fingerprint density at radius 3 is 2.94 bits per heavy atom. The lowest BCUT2D eigenvalue weighted by Crippen LogP contribution is -2.26. The average Bonchev–Trinajstić information content (AvgIpc) is 2.64. The SMILES string of the molecule is Nc1ncc(Cl)cc1N1CC(C(=O)O)CC1=O. The Balaban J connectivity index is 2.32. The van der Waals surface area contributed by atoms with E-state index in [1.807, 2.05) is 0 Å². The van der Waals surface area contributed by atoms with E-state index in [-0.39, 0.29) is 24.7 Å². The molecule has 0 radical (unpaired) electrons. The molecule has 17 heavy (non-hydrogen) atoms. The molecule has 1 amide bonds. The summed E-state index contributed by atoms with van der Waals surface area (Å²) in [4.78, 5) is 27.7. The van der Waals surface area contributed by atoms with Crippen molar-refractivity contribution in [3.8, 4) is 0 Å². The normalized spacial score (nSPS) is 19.7. The summed E-state index contributed by atoms with van der Waals surface area (Å²) >= 11 is 5.77. The highest BCUT2D eigenvalue weighted by molar-refractivity contribution is 6.31. The average molecular weight is 256 g/mol. The molecule has 0 bridgehead atoms. The zero-order chi connectivity index (χ0) is 12.6. The number of carbonyl (C=O) groups is 2. The molecule has 0 aliphatic carbocycles. The second-order valence-electron chi connectivity index (χ2n) is 3.80. The Labute approximate surface area is 102 Å². The molecule has 6 nitrogen and oxygen atoms in total. The standard InChI is InChI=1S/C10H10ClN3O3/c11-6-2-7(9(12)13-3-6)14-4-5(10(16)17)1-8(14)15/h2-3,5H,1,4H2,(H2,12,13)(H,16,17). The molecule has 3 N–H and O–H groups in total. The first-order valence-electron chi connectivity index (χ1n) is 4.93. The highest BCUT2D eigenvalue weighted by atomic mass is 35.5. The first kappa shape index (κ1) is 11.7. The van der Waals surface area contributed by atoms with Gasteiger partial charge in [0.05, 0.1) is 16.6 Å². The number of nitrogens with zero attached hydrogens (tertiary/aromatic N) is 2. The summed E-state index contributed by atoms with van der Waals surface area (Å²) in [5, 5.41) is 9.22. The van der Waals surface area contributed by atoms with Crippen molar-refractivity contribution in [1.82, 2.24) is 4.98 Å². The monoisotopic (exact) mass is 255 g/mol. The summed E-state index contributed by atoms with van der Waals surface area (Å²) in [6.45, 7) is 0.0976. The Morgan fingerprint density at radius 1 is 1.65 bits per heavy atom. The molecular formula is C10H10ClN3O3. The van der Waals surface area contributed by atoms with E-state index < -0.39 is 11.9 Å². The van der Waals surface area contributed by atoms with Gasteiger partial charge >= 0.3 is 5.97 Å². The number of pyridine rings is 1. The van der Waals surface area contributed by atoms with Crippen LogP contribution in [0.15, 0.2) is 12.3 Å². The topological polar surface area (TPSA) is 96.5 Å². The molecule has 1 atom stereocenters. The molecule has 1 aromatic heterocycles. The van der Waals surface area contributed by atoms with Crippen molar-refractivity contribution in [2.45, 2.75) is 6.42 Å². The van der Waals surface area contributed by atoms with Crippen LogP contribution in [0.4, 0.5) is 11.5 Å². The number of hydrogen-bond acceptors (Lipinski definition) is 4. The van der Waals surface area contributed by atoms with Crippen molar-refractivity contribution in [2.75, 3.05) is 17.2 Å². The van der Waals surface area contributed by atoms with Crippen molar-refractivity contribution in [3.63, 3.8) is 0 Å². The predicted molar refractivity (Wildman–Crippen MR) is 61.8 cm³/mol. The number of carboxylic acid groups (broad SMARTS) is 1. The van der Waals surface area contributed by atoms with Gasteiger partial charge in [0.2, 0.25) is 5.91 Å². The third-order valence-electron chi connectivity index (χ3n) is 2.63. The second kappa shape index (κ2) is 4.21. The third-order valence-corrected chi connectivity index (χ3v) is 2.84. The highest BCUT2D eigenvalue weighted by Crippen LogP contribution is 2.30. The first-order chi connectivity index (χ1) is 7.99. The number of nitrogens with two attached hydrogens (primary N) is 1. The van der Waals surface area contributed by atoms with Gasteiger partial charge < -0.3 is 15.7 Å². The molecule has 0 aromatic carbocycles. The molecule has 2 heterocycles. The summed E-state index contributed by atoms with van der Waals surface area (Å²) in [6, 6.07) is 1.51. The highest BCUT2D eigenvalue weighted by Gasteiger charge is 2.36. The molecule has 1 aliphatic rings. The summed E-state index contributed by atoms with van der Waals surface area (Å²) in [5.41, 5.74) is 6.01. The molecule has 0 spiro atoms. The van der Waals surface area contributed by atoms with Crippen LogP contribution < -0.4 is 10.6 Å². The van der Waals surface area contributed by atoms with Crippen LogP contribution in [0.5, 0.6) is 0 Å². The van der Waals surface area contributed by atoms with Crippen LogP contribution in [-0.4, -0.2) is 28.5 Å². The number of anilines is 2. The van der Waals surface area contributed by atoms with Crippen molar-refractivity contribution in [3.05, 3.63) is 17.3 Å². The molecule has 7 heteroatoms. The van der Waals surface area contributed by atoms with Gasteiger partial charge in [0.15, 0.2) is 0 Å². The van der Waals surface area contributed by atoms with Crippen LogP contribution in [0.25, 0.3) is 0 Å². The van der Waals surface area contributed by atoms with Crippen LogP contribution in [0.1, 0.15) is 6.42 Å². The maximum absolute atomic E-state index is 11.7. The zero-order valence-corrected chi connectivity index (χ0v) is 9.52. The van der Waals surface area contributed by atoms with Crippen molar-refractivity contribution >= 4 is 35.0 Å². The van der Waals surface area contributed by atoms with E-state index in [1.165, 1.54) is 17.2 Å². The number of hydrogen-bond donors (Lipinski definition) is 2. The first-order valence-corrected chi connectivity index (χ1v) is 5.31. The minimum atomic E-state index is -0.991. The zero-order valence-electron chi connectivity index (χ0n) is 8.76. The predicted octanol–water partition coefficient (Wildman–Crippen LogP) is 0.755. The molecule has 0 saturated carbocycles. The Kier molecular flexibility index (Phi) is 2.89. The van der Waals surface area contributed by atoms with Crippen molar-refractivity contribution in [2.24, 2.45) is 5.92 Å². The molecule has 1 unspecified atom stereocenters.